The smallest absolute Gasteiger partial charge is 0.410 e. The summed E-state index contributed by atoms with van der Waals surface area (Å²) in [5.74, 6) is 2.58. The molecule has 15 heteroatoms. The maximum Gasteiger partial charge on any atom is 0.410 e. The van der Waals surface area contributed by atoms with Crippen LogP contribution in [0.2, 0.25) is 0 Å². The number of nitrogens with zero attached hydrogens (tertiary/aromatic N) is 2. The van der Waals surface area contributed by atoms with Crippen LogP contribution in [0.4, 0.5) is 9.59 Å². The van der Waals surface area contributed by atoms with Crippen LogP contribution in [0.3, 0.4) is 0 Å². The Morgan fingerprint density at radius 1 is 1.07 bits per heavy atom. The van der Waals surface area contributed by atoms with Crippen LogP contribution >= 0.6 is 0 Å². The number of sulfonamides is 1. The van der Waals surface area contributed by atoms with E-state index in [0.717, 1.165) is 36.8 Å². The van der Waals surface area contributed by atoms with Gasteiger partial charge in [-0.2, -0.15) is 0 Å². The highest BCUT2D eigenvalue weighted by Crippen LogP contribution is 2.35. The normalized spacial score (nSPS) is 28.7. The molecule has 2 fully saturated rings. The molecule has 0 spiro atoms. The highest BCUT2D eigenvalue weighted by Gasteiger charge is 2.54. The Labute approximate surface area is 317 Å². The van der Waals surface area contributed by atoms with Crippen LogP contribution < -0.4 is 15.4 Å². The van der Waals surface area contributed by atoms with Crippen LogP contribution in [0.25, 0.3) is 0 Å². The van der Waals surface area contributed by atoms with Crippen molar-refractivity contribution in [3.05, 3.63) is 34.9 Å². The van der Waals surface area contributed by atoms with Gasteiger partial charge in [-0.3, -0.25) is 19.3 Å². The van der Waals surface area contributed by atoms with Gasteiger partial charge < -0.3 is 25.0 Å². The second-order valence-corrected chi connectivity index (χ2v) is 19.2. The van der Waals surface area contributed by atoms with Crippen molar-refractivity contribution in [2.24, 2.45) is 16.7 Å². The first kappa shape index (κ1) is 39.4. The van der Waals surface area contributed by atoms with Crippen LogP contribution in [0.5, 0.6) is 0 Å². The summed E-state index contributed by atoms with van der Waals surface area (Å²) in [5, 5.41) is 4.78. The third kappa shape index (κ3) is 8.18. The lowest BCUT2D eigenvalue weighted by Gasteiger charge is -2.39. The number of aryl methyl sites for hydroxylation is 1. The van der Waals surface area contributed by atoms with Gasteiger partial charge in [0.25, 0.3) is 5.91 Å². The molecule has 5 aliphatic rings. The number of nitrogens with one attached hydrogen (secondary N) is 3. The summed E-state index contributed by atoms with van der Waals surface area (Å²) in [6.07, 6.45) is 2.29. The fourth-order valence-corrected chi connectivity index (χ4v) is 9.08. The van der Waals surface area contributed by atoms with Crippen LogP contribution in [-0.4, -0.2) is 90.3 Å². The lowest BCUT2D eigenvalue weighted by molar-refractivity contribution is -0.143. The number of fused-ring (bicyclic) bond motifs is 3. The third-order valence-corrected chi connectivity index (χ3v) is 13.0. The van der Waals surface area contributed by atoms with Crippen molar-refractivity contribution in [1.82, 2.24) is 25.2 Å². The number of benzene rings is 1. The van der Waals surface area contributed by atoms with E-state index in [4.69, 9.17) is 9.47 Å². The molecule has 3 heterocycles. The molecule has 54 heavy (non-hydrogen) atoms. The first-order chi connectivity index (χ1) is 25.3. The molecule has 5 amide bonds. The van der Waals surface area contributed by atoms with Gasteiger partial charge in [0.1, 0.15) is 18.2 Å². The van der Waals surface area contributed by atoms with Crippen LogP contribution in [0, 0.1) is 28.6 Å². The fraction of sp³-hybridized carbons (Fsp3) is 0.667. The van der Waals surface area contributed by atoms with E-state index in [1.54, 1.807) is 32.6 Å². The molecule has 0 aromatic heterocycles. The summed E-state index contributed by atoms with van der Waals surface area (Å²) in [6, 6.07) is 3.68. The van der Waals surface area contributed by atoms with Gasteiger partial charge in [0, 0.05) is 19.5 Å². The third-order valence-electron chi connectivity index (χ3n) is 11.2. The van der Waals surface area contributed by atoms with E-state index >= 15 is 0 Å². The highest BCUT2D eigenvalue weighted by atomic mass is 32.2. The average molecular weight is 768 g/mol. The first-order valence-electron chi connectivity index (χ1n) is 19.0. The van der Waals surface area contributed by atoms with Gasteiger partial charge in [-0.1, -0.05) is 78.0 Å². The monoisotopic (exact) mass is 767 g/mol. The molecule has 0 radical (unpaired) electrons. The Kier molecular flexibility index (Phi) is 10.7. The van der Waals surface area contributed by atoms with Crippen molar-refractivity contribution < 1.29 is 41.9 Å². The molecule has 3 aliphatic heterocycles. The fourth-order valence-electron chi connectivity index (χ4n) is 7.74. The summed E-state index contributed by atoms with van der Waals surface area (Å²) in [6.45, 7) is 11.9. The van der Waals surface area contributed by atoms with Gasteiger partial charge in [-0.25, -0.2) is 22.7 Å². The molecule has 14 nitrogen and oxygen atoms in total. The van der Waals surface area contributed by atoms with Gasteiger partial charge in [-0.15, -0.1) is 0 Å². The van der Waals surface area contributed by atoms with E-state index in [0.29, 0.717) is 32.4 Å². The summed E-state index contributed by atoms with van der Waals surface area (Å²) >= 11 is 0. The molecular weight excluding hydrogens is 715 g/mol. The SMILES string of the molecule is CC[C@@H]1C#C[C@]1(NC(=O)[C@@H]1C[C@@H]2CN1C(=O)[C@H](C(C)(C)C)NC(=O)OCC(C)(C)CCCCc1cccc3c1CN(C3)C(=O)O2)C(=O)NS(=O)(=O)C1CC1. The predicted octanol–water partition coefficient (Wildman–Crippen LogP) is 3.51. The molecule has 5 atom stereocenters. The Hall–Kier alpha value is -4.32. The molecule has 2 aliphatic carbocycles. The molecule has 3 N–H and O–H groups in total. The maximum atomic E-state index is 14.5. The minimum Gasteiger partial charge on any atom is -0.449 e. The van der Waals surface area contributed by atoms with Crippen molar-refractivity contribution in [3.8, 4) is 11.8 Å². The van der Waals surface area contributed by atoms with E-state index < -0.39 is 80.2 Å². The summed E-state index contributed by atoms with van der Waals surface area (Å²) in [7, 11) is -3.96. The van der Waals surface area contributed by atoms with Gasteiger partial charge in [0.15, 0.2) is 5.54 Å². The second kappa shape index (κ2) is 14.7. The van der Waals surface area contributed by atoms with Gasteiger partial charge in [0.2, 0.25) is 21.8 Å². The van der Waals surface area contributed by atoms with Gasteiger partial charge in [-0.05, 0) is 66.0 Å². The standard InChI is InChI=1S/C39H53N5O9S/c1-7-26-16-18-39(26,34(47)42-54(50,51)28-14-15-28)41-32(45)30-19-27-21-44(30)33(46)31(37(2,3)4)40-35(48)52-23-38(5,6)17-9-8-11-24-12-10-13-25-20-43(22-29(24)25)36(49)53-27/h10,12-13,26-28,30-31H,7-9,11,14-15,17,19-23H2,1-6H3,(H,40,48)(H,41,45)(H,42,47)/t26-,27-,30+,31-,39-/m1/s1. The van der Waals surface area contributed by atoms with E-state index in [9.17, 15) is 32.4 Å². The topological polar surface area (TPSA) is 181 Å². The van der Waals surface area contributed by atoms with Crippen molar-refractivity contribution in [2.75, 3.05) is 13.2 Å². The number of hydrogen-bond donors (Lipinski definition) is 3. The largest absolute Gasteiger partial charge is 0.449 e. The molecule has 1 saturated carbocycles. The predicted molar refractivity (Wildman–Crippen MR) is 198 cm³/mol. The lowest BCUT2D eigenvalue weighted by atomic mass is 9.74. The first-order valence-corrected chi connectivity index (χ1v) is 20.6. The molecule has 1 saturated heterocycles. The quantitative estimate of drug-likeness (QED) is 0.365. The summed E-state index contributed by atoms with van der Waals surface area (Å²) in [4.78, 5) is 72.3. The minimum atomic E-state index is -3.96. The molecule has 294 valence electrons. The highest BCUT2D eigenvalue weighted by molar-refractivity contribution is 7.91. The van der Waals surface area contributed by atoms with Crippen LogP contribution in [-0.2, 0) is 53.4 Å². The number of amides is 5. The maximum absolute atomic E-state index is 14.5. The Balaban J connectivity index is 1.30. The zero-order valence-electron chi connectivity index (χ0n) is 32.1. The molecule has 0 unspecified atom stereocenters. The molecule has 6 rings (SSSR count). The number of rotatable bonds is 6. The van der Waals surface area contributed by atoms with E-state index in [2.05, 4.69) is 33.3 Å². The zero-order valence-corrected chi connectivity index (χ0v) is 32.9. The van der Waals surface area contributed by atoms with E-state index in [-0.39, 0.29) is 25.0 Å². The van der Waals surface area contributed by atoms with E-state index in [1.165, 1.54) is 10.5 Å². The lowest BCUT2D eigenvalue weighted by Crippen LogP contribution is -2.68. The Bertz CT molecular complexity index is 1880. The number of carbonyl (C=O) groups is 5. The van der Waals surface area contributed by atoms with Crippen LogP contribution in [0.15, 0.2) is 18.2 Å². The Morgan fingerprint density at radius 2 is 1.80 bits per heavy atom. The van der Waals surface area contributed by atoms with Gasteiger partial charge in [0.05, 0.1) is 24.3 Å². The zero-order chi connectivity index (χ0) is 39.2. The molecular formula is C39H53N5O9S. The number of ether oxygens (including phenoxy) is 2. The summed E-state index contributed by atoms with van der Waals surface area (Å²) < 4.78 is 39.3. The van der Waals surface area contributed by atoms with Crippen LogP contribution in [0.1, 0.15) is 103 Å². The second-order valence-electron chi connectivity index (χ2n) is 17.3. The van der Waals surface area contributed by atoms with Crippen molar-refractivity contribution in [1.29, 1.82) is 0 Å². The van der Waals surface area contributed by atoms with Crippen molar-refractivity contribution >= 4 is 39.9 Å². The van der Waals surface area contributed by atoms with Crippen molar-refractivity contribution in [2.45, 2.75) is 135 Å². The Morgan fingerprint density at radius 3 is 2.44 bits per heavy atom. The number of alkyl carbamates (subject to hydrolysis) is 1. The average Bonchev–Trinajstić information content (AvgIpc) is 3.73. The number of hydrogen-bond acceptors (Lipinski definition) is 9. The summed E-state index contributed by atoms with van der Waals surface area (Å²) in [5.41, 5.74) is 0.282. The minimum absolute atomic E-state index is 0.104. The van der Waals surface area contributed by atoms with Gasteiger partial charge >= 0.3 is 12.2 Å². The van der Waals surface area contributed by atoms with Crippen molar-refractivity contribution in [3.63, 3.8) is 0 Å². The van der Waals surface area contributed by atoms with E-state index in [1.807, 2.05) is 26.0 Å². The molecule has 4 bridgehead atoms. The number of cyclic esters (lactones) is 1. The molecule has 1 aromatic carbocycles. The molecule has 1 aromatic rings. The number of carbonyl (C=O) groups excluding carboxylic acids is 5.